The highest BCUT2D eigenvalue weighted by molar-refractivity contribution is 6.04. The summed E-state index contributed by atoms with van der Waals surface area (Å²) in [5.41, 5.74) is 0. The lowest BCUT2D eigenvalue weighted by atomic mass is 10.0. The fourth-order valence-electron chi connectivity index (χ4n) is 0. The lowest BCUT2D eigenvalue weighted by molar-refractivity contribution is 0.457. The summed E-state index contributed by atoms with van der Waals surface area (Å²) in [6.07, 6.45) is 0. The lowest BCUT2D eigenvalue weighted by Gasteiger charge is -2.05. The van der Waals surface area contributed by atoms with Gasteiger partial charge in [-0.3, -0.25) is 4.66 Å². The summed E-state index contributed by atoms with van der Waals surface area (Å²) in [6, 6.07) is 0. The minimum absolute atomic E-state index is 0.852. The van der Waals surface area contributed by atoms with Crippen molar-refractivity contribution in [2.24, 2.45) is 11.8 Å². The van der Waals surface area contributed by atoms with Crippen LogP contribution in [0.2, 0.25) is 0 Å². The molecule has 0 amide bonds. The minimum Gasteiger partial charge on any atom is -0.295 e. The van der Waals surface area contributed by atoms with Gasteiger partial charge >= 0.3 is 0 Å². The molecule has 0 aromatic carbocycles. The first kappa shape index (κ1) is 11.1. The highest BCUT2D eigenvalue weighted by Crippen LogP contribution is 2.05. The van der Waals surface area contributed by atoms with Gasteiger partial charge < -0.3 is 0 Å². The van der Waals surface area contributed by atoms with Crippen LogP contribution in [0.3, 0.4) is 0 Å². The van der Waals surface area contributed by atoms with E-state index in [1.807, 2.05) is 0 Å². The molecule has 0 fully saturated rings. The lowest BCUT2D eigenvalue weighted by Crippen LogP contribution is -1.95. The van der Waals surface area contributed by atoms with Crippen molar-refractivity contribution in [1.29, 1.82) is 0 Å². The van der Waals surface area contributed by atoms with E-state index in [0.717, 1.165) is 11.8 Å². The largest absolute Gasteiger partial charge is 0.295 e. The maximum atomic E-state index is 6.47. The molecule has 0 aliphatic heterocycles. The Morgan fingerprint density at radius 1 is 0.875 bits per heavy atom. The summed E-state index contributed by atoms with van der Waals surface area (Å²) in [6.45, 7) is 8.96. The molecule has 0 saturated carbocycles. The van der Waals surface area contributed by atoms with Crippen LogP contribution in [0.4, 0.5) is 0 Å². The van der Waals surface area contributed by atoms with E-state index < -0.39 is 0 Å². The van der Waals surface area contributed by atoms with Crippen molar-refractivity contribution in [2.75, 3.05) is 0 Å². The monoisotopic (exact) mass is 138 g/mol. The smallest absolute Gasteiger partial charge is 0.0579 e. The maximum absolute atomic E-state index is 6.47. The van der Waals surface area contributed by atoms with E-state index in [0.29, 0.717) is 0 Å². The van der Waals surface area contributed by atoms with E-state index >= 15 is 0 Å². The Balaban J connectivity index is 0. The Morgan fingerprint density at radius 2 is 1.00 bits per heavy atom. The van der Waals surface area contributed by atoms with E-state index in [9.17, 15) is 0 Å². The number of hydrogen-bond acceptors (Lipinski definition) is 1. The second-order valence-electron chi connectivity index (χ2n) is 2.49. The number of rotatable bonds is 1. The number of hydrogen-bond donors (Lipinski definition) is 1. The van der Waals surface area contributed by atoms with Crippen molar-refractivity contribution in [3.05, 3.63) is 0 Å². The predicted molar refractivity (Wildman–Crippen MR) is 37.7 cm³/mol. The molecule has 0 radical (unpaired) electrons. The third-order valence-corrected chi connectivity index (χ3v) is 1.33. The van der Waals surface area contributed by atoms with Crippen LogP contribution in [-0.2, 0) is 0 Å². The van der Waals surface area contributed by atoms with Crippen molar-refractivity contribution in [3.8, 4) is 0 Å². The zero-order valence-electron chi connectivity index (χ0n) is 5.98. The molecule has 0 unspecified atom stereocenters. The normalized spacial score (nSPS) is 9.00. The van der Waals surface area contributed by atoms with Gasteiger partial charge in [-0.2, -0.15) is 0 Å². The van der Waals surface area contributed by atoms with Gasteiger partial charge in [0.25, 0.3) is 0 Å². The third kappa shape index (κ3) is 9.54. The molecule has 0 rings (SSSR count). The minimum atomic E-state index is 0.852. The molecule has 2 heteroatoms. The Morgan fingerprint density at radius 3 is 1.00 bits per heavy atom. The fraction of sp³-hybridized carbons (Fsp3) is 1.00. The third-order valence-electron chi connectivity index (χ3n) is 1.33. The molecule has 0 aromatic rings. The first-order valence-electron chi connectivity index (χ1n) is 2.81. The molecule has 0 aromatic heterocycles. The van der Waals surface area contributed by atoms with Crippen molar-refractivity contribution in [1.82, 2.24) is 0 Å². The molecule has 52 valence electrons. The van der Waals surface area contributed by atoms with E-state index in [1.54, 1.807) is 0 Å². The summed E-state index contributed by atoms with van der Waals surface area (Å²) in [4.78, 5) is 0. The second-order valence-corrected chi connectivity index (χ2v) is 2.49. The zero-order chi connectivity index (χ0) is 7.15. The summed E-state index contributed by atoms with van der Waals surface area (Å²) >= 11 is 3.64. The number of halogens is 1. The van der Waals surface area contributed by atoms with Crippen LogP contribution in [0.25, 0.3) is 0 Å². The van der Waals surface area contributed by atoms with Crippen LogP contribution >= 0.6 is 11.9 Å². The van der Waals surface area contributed by atoms with Gasteiger partial charge in [0.15, 0.2) is 0 Å². The summed E-state index contributed by atoms with van der Waals surface area (Å²) in [5, 5.41) is 0. The molecule has 0 heterocycles. The zero-order valence-corrected chi connectivity index (χ0v) is 6.74. The SMILES string of the molecule is CC(C)C(C)C.OCl. The average Bonchev–Trinajstić information content (AvgIpc) is 1.72. The van der Waals surface area contributed by atoms with E-state index in [1.165, 1.54) is 0 Å². The predicted octanol–water partition coefficient (Wildman–Crippen LogP) is 2.43. The van der Waals surface area contributed by atoms with E-state index in [4.69, 9.17) is 4.66 Å². The molecule has 0 saturated heterocycles. The van der Waals surface area contributed by atoms with Crippen LogP contribution in [-0.4, -0.2) is 4.66 Å². The second kappa shape index (κ2) is 7.25. The van der Waals surface area contributed by atoms with Gasteiger partial charge in [-0.1, -0.05) is 27.7 Å². The highest BCUT2D eigenvalue weighted by Gasteiger charge is 1.95. The van der Waals surface area contributed by atoms with Crippen LogP contribution in [0.15, 0.2) is 0 Å². The van der Waals surface area contributed by atoms with Crippen LogP contribution in [0.5, 0.6) is 0 Å². The summed E-state index contributed by atoms with van der Waals surface area (Å²) in [5.74, 6) is 1.70. The molecule has 1 nitrogen and oxygen atoms in total. The van der Waals surface area contributed by atoms with Gasteiger partial charge in [0.05, 0.1) is 11.9 Å². The summed E-state index contributed by atoms with van der Waals surface area (Å²) < 4.78 is 6.47. The highest BCUT2D eigenvalue weighted by atomic mass is 35.5. The van der Waals surface area contributed by atoms with E-state index in [2.05, 4.69) is 39.6 Å². The van der Waals surface area contributed by atoms with Crippen molar-refractivity contribution in [3.63, 3.8) is 0 Å². The van der Waals surface area contributed by atoms with Crippen molar-refractivity contribution in [2.45, 2.75) is 27.7 Å². The van der Waals surface area contributed by atoms with E-state index in [-0.39, 0.29) is 0 Å². The fourth-order valence-corrected chi connectivity index (χ4v) is 0. The van der Waals surface area contributed by atoms with Gasteiger partial charge in [-0.15, -0.1) is 0 Å². The quantitative estimate of drug-likeness (QED) is 0.590. The van der Waals surface area contributed by atoms with Crippen molar-refractivity contribution >= 4 is 11.9 Å². The van der Waals surface area contributed by atoms with Gasteiger partial charge in [0.1, 0.15) is 0 Å². The molecule has 0 bridgehead atoms. The van der Waals surface area contributed by atoms with Crippen LogP contribution < -0.4 is 0 Å². The molecule has 0 aliphatic carbocycles. The molecule has 0 atom stereocenters. The van der Waals surface area contributed by atoms with Crippen LogP contribution in [0.1, 0.15) is 27.7 Å². The Labute approximate surface area is 56.8 Å². The van der Waals surface area contributed by atoms with Gasteiger partial charge in [-0.25, -0.2) is 0 Å². The Kier molecular flexibility index (Phi) is 10.1. The van der Waals surface area contributed by atoms with Gasteiger partial charge in [0, 0.05) is 0 Å². The molecule has 0 aliphatic rings. The first-order valence-corrected chi connectivity index (χ1v) is 3.15. The summed E-state index contributed by atoms with van der Waals surface area (Å²) in [7, 11) is 0. The first-order chi connectivity index (χ1) is 3.64. The topological polar surface area (TPSA) is 20.2 Å². The molecular formula is C6H15ClO. The Hall–Kier alpha value is 0.250. The van der Waals surface area contributed by atoms with Gasteiger partial charge in [0.2, 0.25) is 0 Å². The molecule has 0 spiro atoms. The molecule has 1 N–H and O–H groups in total. The molecule has 8 heavy (non-hydrogen) atoms. The molecular weight excluding hydrogens is 124 g/mol. The maximum Gasteiger partial charge on any atom is 0.0579 e. The average molecular weight is 139 g/mol. The van der Waals surface area contributed by atoms with Gasteiger partial charge in [-0.05, 0) is 11.8 Å². The van der Waals surface area contributed by atoms with Crippen molar-refractivity contribution < 1.29 is 4.66 Å². The Bertz CT molecular complexity index is 29.5. The standard InChI is InChI=1S/C6H14.ClHO/c1-5(2)6(3)4;1-2/h5-6H,1-4H3;2H. The van der Waals surface area contributed by atoms with Crippen LogP contribution in [0, 0.1) is 11.8 Å².